The van der Waals surface area contributed by atoms with E-state index in [1.165, 1.54) is 11.8 Å². The number of carbonyl (C=O) groups excluding carboxylic acids is 1. The van der Waals surface area contributed by atoms with E-state index < -0.39 is 0 Å². The maximum absolute atomic E-state index is 12.0. The highest BCUT2D eigenvalue weighted by atomic mass is 79.9. The Kier molecular flexibility index (Phi) is 4.35. The highest BCUT2D eigenvalue weighted by Gasteiger charge is 2.05. The van der Waals surface area contributed by atoms with Crippen molar-refractivity contribution in [2.75, 3.05) is 11.1 Å². The summed E-state index contributed by atoms with van der Waals surface area (Å²) < 4.78 is 1.01. The van der Waals surface area contributed by atoms with Crippen LogP contribution in [-0.2, 0) is 4.79 Å². The number of H-pyrrole nitrogens is 2. The number of carbonyl (C=O) groups is 1. The summed E-state index contributed by atoms with van der Waals surface area (Å²) in [6.07, 6.45) is 0. The molecule has 1 aromatic heterocycles. The number of aromatic amines is 2. The van der Waals surface area contributed by atoms with Crippen molar-refractivity contribution in [2.45, 2.75) is 4.90 Å². The van der Waals surface area contributed by atoms with E-state index in [-0.39, 0.29) is 11.6 Å². The number of fused-ring (bicyclic) bond motifs is 1. The van der Waals surface area contributed by atoms with Crippen LogP contribution in [0.5, 0.6) is 0 Å². The largest absolute Gasteiger partial charge is 0.325 e. The maximum atomic E-state index is 12.0. The van der Waals surface area contributed by atoms with Gasteiger partial charge in [0.1, 0.15) is 0 Å². The number of hydrogen-bond acceptors (Lipinski definition) is 3. The summed E-state index contributed by atoms with van der Waals surface area (Å²) in [6.45, 7) is 0. The molecular formula is C15H12BrN3O2S. The number of halogens is 1. The molecule has 112 valence electrons. The molecule has 0 unspecified atom stereocenters. The number of imidazole rings is 1. The molecule has 2 aromatic carbocycles. The van der Waals surface area contributed by atoms with Gasteiger partial charge in [0.2, 0.25) is 5.91 Å². The second-order valence-corrected chi connectivity index (χ2v) is 6.59. The summed E-state index contributed by atoms with van der Waals surface area (Å²) >= 11 is 4.84. The second kappa shape index (κ2) is 6.41. The molecule has 0 fully saturated rings. The Morgan fingerprint density at radius 1 is 1.09 bits per heavy atom. The number of benzene rings is 2. The summed E-state index contributed by atoms with van der Waals surface area (Å²) in [4.78, 5) is 29.5. The zero-order chi connectivity index (χ0) is 15.5. The number of aromatic nitrogens is 2. The first-order valence-corrected chi connectivity index (χ1v) is 8.28. The lowest BCUT2D eigenvalue weighted by atomic mass is 10.3. The van der Waals surface area contributed by atoms with Crippen LogP contribution in [0.1, 0.15) is 0 Å². The van der Waals surface area contributed by atoms with Gasteiger partial charge in [0.05, 0.1) is 16.8 Å². The lowest BCUT2D eigenvalue weighted by Crippen LogP contribution is -2.13. The van der Waals surface area contributed by atoms with Gasteiger partial charge in [-0.1, -0.05) is 15.9 Å². The van der Waals surface area contributed by atoms with Gasteiger partial charge in [-0.05, 0) is 42.5 Å². The molecule has 0 aliphatic heterocycles. The van der Waals surface area contributed by atoms with Gasteiger partial charge < -0.3 is 15.3 Å². The quantitative estimate of drug-likeness (QED) is 0.610. The molecule has 3 N–H and O–H groups in total. The molecule has 22 heavy (non-hydrogen) atoms. The molecule has 7 heteroatoms. The third-order valence-electron chi connectivity index (χ3n) is 2.98. The fourth-order valence-corrected chi connectivity index (χ4v) is 2.95. The molecule has 0 aliphatic carbocycles. The van der Waals surface area contributed by atoms with Crippen molar-refractivity contribution in [3.63, 3.8) is 0 Å². The van der Waals surface area contributed by atoms with Crippen LogP contribution < -0.4 is 11.0 Å². The fourth-order valence-electron chi connectivity index (χ4n) is 1.99. The van der Waals surface area contributed by atoms with Crippen LogP contribution in [0.25, 0.3) is 11.0 Å². The molecule has 0 saturated heterocycles. The summed E-state index contributed by atoms with van der Waals surface area (Å²) in [5.74, 6) is 0.230. The average molecular weight is 378 g/mol. The van der Waals surface area contributed by atoms with Gasteiger partial charge in [0.25, 0.3) is 0 Å². The third kappa shape index (κ3) is 3.61. The molecule has 1 heterocycles. The van der Waals surface area contributed by atoms with Gasteiger partial charge in [-0.25, -0.2) is 4.79 Å². The molecule has 0 saturated carbocycles. The van der Waals surface area contributed by atoms with Crippen LogP contribution >= 0.6 is 27.7 Å². The van der Waals surface area contributed by atoms with E-state index >= 15 is 0 Å². The van der Waals surface area contributed by atoms with E-state index in [1.807, 2.05) is 24.3 Å². The number of amides is 1. The third-order valence-corrected chi connectivity index (χ3v) is 4.52. The Labute approximate surface area is 138 Å². The molecule has 0 radical (unpaired) electrons. The van der Waals surface area contributed by atoms with Crippen LogP contribution in [0.15, 0.2) is 56.6 Å². The Hall–Kier alpha value is -1.99. The molecule has 3 aromatic rings. The molecule has 3 rings (SSSR count). The average Bonchev–Trinajstić information content (AvgIpc) is 2.86. The van der Waals surface area contributed by atoms with Crippen LogP contribution in [0, 0.1) is 0 Å². The number of hydrogen-bond donors (Lipinski definition) is 3. The zero-order valence-electron chi connectivity index (χ0n) is 11.4. The van der Waals surface area contributed by atoms with E-state index in [9.17, 15) is 9.59 Å². The van der Waals surface area contributed by atoms with E-state index in [2.05, 4.69) is 31.2 Å². The van der Waals surface area contributed by atoms with Crippen molar-refractivity contribution in [1.29, 1.82) is 0 Å². The minimum Gasteiger partial charge on any atom is -0.325 e. The SMILES string of the molecule is O=C(CSc1ccc(Br)cc1)Nc1ccc2[nH]c(=O)[nH]c2c1. The maximum Gasteiger partial charge on any atom is 0.323 e. The first-order valence-electron chi connectivity index (χ1n) is 6.50. The van der Waals surface area contributed by atoms with Crippen molar-refractivity contribution in [3.8, 4) is 0 Å². The molecule has 0 aliphatic rings. The first-order chi connectivity index (χ1) is 10.6. The van der Waals surface area contributed by atoms with Crippen LogP contribution in [0.2, 0.25) is 0 Å². The molecule has 0 spiro atoms. The molecular weight excluding hydrogens is 366 g/mol. The van der Waals surface area contributed by atoms with Gasteiger partial charge in [-0.2, -0.15) is 0 Å². The van der Waals surface area contributed by atoms with Crippen molar-refractivity contribution >= 4 is 50.3 Å². The Morgan fingerprint density at radius 2 is 1.82 bits per heavy atom. The lowest BCUT2D eigenvalue weighted by molar-refractivity contribution is -0.113. The molecule has 5 nitrogen and oxygen atoms in total. The number of anilines is 1. The summed E-state index contributed by atoms with van der Waals surface area (Å²) in [7, 11) is 0. The topological polar surface area (TPSA) is 77.8 Å². The minimum atomic E-state index is -0.260. The Morgan fingerprint density at radius 3 is 2.59 bits per heavy atom. The lowest BCUT2D eigenvalue weighted by Gasteiger charge is -2.05. The monoisotopic (exact) mass is 377 g/mol. The van der Waals surface area contributed by atoms with Crippen molar-refractivity contribution < 1.29 is 4.79 Å². The number of nitrogens with one attached hydrogen (secondary N) is 3. The van der Waals surface area contributed by atoms with Crippen molar-refractivity contribution in [2.24, 2.45) is 0 Å². The Balaban J connectivity index is 1.62. The highest BCUT2D eigenvalue weighted by Crippen LogP contribution is 2.21. The predicted octanol–water partition coefficient (Wildman–Crippen LogP) is 3.35. The van der Waals surface area contributed by atoms with Crippen LogP contribution in [-0.4, -0.2) is 21.6 Å². The summed E-state index contributed by atoms with van der Waals surface area (Å²) in [6, 6.07) is 13.0. The second-order valence-electron chi connectivity index (χ2n) is 4.63. The zero-order valence-corrected chi connectivity index (χ0v) is 13.8. The van der Waals surface area contributed by atoms with Crippen LogP contribution in [0.4, 0.5) is 5.69 Å². The van der Waals surface area contributed by atoms with Gasteiger partial charge in [-0.15, -0.1) is 11.8 Å². The summed E-state index contributed by atoms with van der Waals surface area (Å²) in [5, 5.41) is 2.82. The van der Waals surface area contributed by atoms with Gasteiger partial charge in [0, 0.05) is 15.1 Å². The smallest absolute Gasteiger partial charge is 0.323 e. The van der Waals surface area contributed by atoms with E-state index in [4.69, 9.17) is 0 Å². The molecule has 1 amide bonds. The van der Waals surface area contributed by atoms with Gasteiger partial charge >= 0.3 is 5.69 Å². The summed E-state index contributed by atoms with van der Waals surface area (Å²) in [5.41, 5.74) is 1.78. The van der Waals surface area contributed by atoms with Crippen LogP contribution in [0.3, 0.4) is 0 Å². The van der Waals surface area contributed by atoms with E-state index in [0.717, 1.165) is 9.37 Å². The first kappa shape index (κ1) is 14.9. The minimum absolute atomic E-state index is 0.0925. The normalized spacial score (nSPS) is 10.8. The van der Waals surface area contributed by atoms with E-state index in [0.29, 0.717) is 22.5 Å². The highest BCUT2D eigenvalue weighted by molar-refractivity contribution is 9.10. The van der Waals surface area contributed by atoms with Crippen molar-refractivity contribution in [3.05, 3.63) is 57.4 Å². The predicted molar refractivity (Wildman–Crippen MR) is 92.4 cm³/mol. The van der Waals surface area contributed by atoms with Crippen molar-refractivity contribution in [1.82, 2.24) is 9.97 Å². The number of rotatable bonds is 4. The Bertz CT molecular complexity index is 870. The van der Waals surface area contributed by atoms with E-state index in [1.54, 1.807) is 18.2 Å². The van der Waals surface area contributed by atoms with Gasteiger partial charge in [-0.3, -0.25) is 4.79 Å². The van der Waals surface area contributed by atoms with Gasteiger partial charge in [0.15, 0.2) is 0 Å². The fraction of sp³-hybridized carbons (Fsp3) is 0.0667. The standard InChI is InChI=1S/C15H12BrN3O2S/c16-9-1-4-11(5-2-9)22-8-14(20)17-10-3-6-12-13(7-10)19-15(21)18-12/h1-7H,8H2,(H,17,20)(H2,18,19,21). The molecule has 0 atom stereocenters. The number of thioether (sulfide) groups is 1. The molecule has 0 bridgehead atoms.